The van der Waals surface area contributed by atoms with Crippen molar-refractivity contribution in [3.63, 3.8) is 0 Å². The predicted octanol–water partition coefficient (Wildman–Crippen LogP) is 2.76. The van der Waals surface area contributed by atoms with Crippen LogP contribution in [0.2, 0.25) is 0 Å². The highest BCUT2D eigenvalue weighted by Gasteiger charge is 2.31. The molecule has 0 amide bonds. The predicted molar refractivity (Wildman–Crippen MR) is 68.9 cm³/mol. The molecule has 1 N–H and O–H groups in total. The molecule has 0 aliphatic carbocycles. The molecule has 1 atom stereocenters. The van der Waals surface area contributed by atoms with Crippen LogP contribution < -0.4 is 4.74 Å². The molecule has 0 saturated carbocycles. The van der Waals surface area contributed by atoms with Crippen LogP contribution in [0.1, 0.15) is 25.3 Å². The number of carboxylic acids is 1. The molecule has 17 heavy (non-hydrogen) atoms. The van der Waals surface area contributed by atoms with E-state index in [9.17, 15) is 4.79 Å². The number of carbonyl (C=O) groups is 1. The van der Waals surface area contributed by atoms with E-state index in [0.717, 1.165) is 11.5 Å². The van der Waals surface area contributed by atoms with Crippen LogP contribution in [-0.2, 0) is 4.79 Å². The van der Waals surface area contributed by atoms with Crippen LogP contribution in [0.4, 0.5) is 0 Å². The molecule has 1 unspecified atom stereocenters. The van der Waals surface area contributed by atoms with E-state index in [-0.39, 0.29) is 0 Å². The normalized spacial score (nSPS) is 18.6. The van der Waals surface area contributed by atoms with Crippen molar-refractivity contribution in [2.45, 2.75) is 24.5 Å². The first-order chi connectivity index (χ1) is 8.00. The van der Waals surface area contributed by atoms with Crippen LogP contribution >= 0.6 is 11.8 Å². The molecule has 92 valence electrons. The summed E-state index contributed by atoms with van der Waals surface area (Å²) in [5, 5.41) is 9.06. The summed E-state index contributed by atoms with van der Waals surface area (Å²) in [6.45, 7) is 4.13. The number of benzene rings is 1. The highest BCUT2D eigenvalue weighted by Crippen LogP contribution is 2.38. The monoisotopic (exact) mass is 252 g/mol. The summed E-state index contributed by atoms with van der Waals surface area (Å²) >= 11 is 1.47. The molecule has 1 aromatic carbocycles. The third kappa shape index (κ3) is 2.57. The third-order valence-electron chi connectivity index (χ3n) is 2.96. The molecule has 3 nitrogen and oxygen atoms in total. The summed E-state index contributed by atoms with van der Waals surface area (Å²) in [5.74, 6) is 1.24. The highest BCUT2D eigenvalue weighted by molar-refractivity contribution is 8.01. The number of aliphatic carboxylic acids is 1. The zero-order valence-electron chi connectivity index (χ0n) is 9.97. The van der Waals surface area contributed by atoms with Crippen LogP contribution in [0.15, 0.2) is 24.3 Å². The first-order valence-corrected chi connectivity index (χ1v) is 6.58. The Bertz CT molecular complexity index is 428. The lowest BCUT2D eigenvalue weighted by Gasteiger charge is -2.20. The molecule has 0 spiro atoms. The van der Waals surface area contributed by atoms with Gasteiger partial charge in [0, 0.05) is 17.2 Å². The Labute approximate surface area is 105 Å². The molecule has 2 rings (SSSR count). The minimum absolute atomic E-state index is 0.301. The van der Waals surface area contributed by atoms with Gasteiger partial charge >= 0.3 is 5.97 Å². The second kappa shape index (κ2) is 4.61. The molecule has 0 radical (unpaired) electrons. The third-order valence-corrected chi connectivity index (χ3v) is 4.42. The molecule has 0 fully saturated rings. The van der Waals surface area contributed by atoms with Crippen molar-refractivity contribution in [3.8, 4) is 5.75 Å². The van der Waals surface area contributed by atoms with E-state index >= 15 is 0 Å². The van der Waals surface area contributed by atoms with Gasteiger partial charge < -0.3 is 9.84 Å². The largest absolute Gasteiger partial charge is 0.493 e. The lowest BCUT2D eigenvalue weighted by Crippen LogP contribution is -2.28. The maximum atomic E-state index is 11.0. The van der Waals surface area contributed by atoms with E-state index in [4.69, 9.17) is 9.84 Å². The lowest BCUT2D eigenvalue weighted by molar-refractivity contribution is -0.138. The molecular formula is C13H16O3S. The number of carboxylic acid groups (broad SMARTS) is 1. The smallest absolute Gasteiger partial charge is 0.319 e. The van der Waals surface area contributed by atoms with Gasteiger partial charge in [-0.2, -0.15) is 0 Å². The van der Waals surface area contributed by atoms with Gasteiger partial charge in [0.2, 0.25) is 0 Å². The van der Waals surface area contributed by atoms with Gasteiger partial charge in [-0.3, -0.25) is 4.79 Å². The van der Waals surface area contributed by atoms with Gasteiger partial charge in [-0.15, -0.1) is 11.8 Å². The molecule has 0 aromatic heterocycles. The number of thioether (sulfide) groups is 1. The van der Waals surface area contributed by atoms with Crippen molar-refractivity contribution in [1.29, 1.82) is 0 Å². The van der Waals surface area contributed by atoms with Crippen molar-refractivity contribution in [3.05, 3.63) is 29.8 Å². The Morgan fingerprint density at radius 3 is 2.94 bits per heavy atom. The Balaban J connectivity index is 2.01. The van der Waals surface area contributed by atoms with Crippen LogP contribution in [-0.4, -0.2) is 28.2 Å². The van der Waals surface area contributed by atoms with Crippen molar-refractivity contribution in [1.82, 2.24) is 0 Å². The average Bonchev–Trinajstić information content (AvgIpc) is 2.69. The van der Waals surface area contributed by atoms with Gasteiger partial charge in [-0.25, -0.2) is 0 Å². The quantitative estimate of drug-likeness (QED) is 0.895. The maximum Gasteiger partial charge on any atom is 0.319 e. The second-order valence-corrected chi connectivity index (χ2v) is 6.31. The molecule has 1 heterocycles. The van der Waals surface area contributed by atoms with E-state index in [2.05, 4.69) is 6.07 Å². The van der Waals surface area contributed by atoms with E-state index in [1.165, 1.54) is 17.3 Å². The topological polar surface area (TPSA) is 46.5 Å². The maximum absolute atomic E-state index is 11.0. The minimum atomic E-state index is -0.769. The summed E-state index contributed by atoms with van der Waals surface area (Å²) in [7, 11) is 0. The SMILES string of the molecule is CC(C)(SCC1COc2ccccc21)C(=O)O. The van der Waals surface area contributed by atoms with E-state index in [0.29, 0.717) is 12.5 Å². The van der Waals surface area contributed by atoms with Crippen LogP contribution in [0.3, 0.4) is 0 Å². The van der Waals surface area contributed by atoms with Crippen molar-refractivity contribution in [2.75, 3.05) is 12.4 Å². The van der Waals surface area contributed by atoms with Gasteiger partial charge in [-0.1, -0.05) is 18.2 Å². The summed E-state index contributed by atoms with van der Waals surface area (Å²) in [6, 6.07) is 7.97. The summed E-state index contributed by atoms with van der Waals surface area (Å²) in [5.41, 5.74) is 1.20. The van der Waals surface area contributed by atoms with Crippen molar-refractivity contribution >= 4 is 17.7 Å². The average molecular weight is 252 g/mol. The number of fused-ring (bicyclic) bond motifs is 1. The zero-order chi connectivity index (χ0) is 12.5. The summed E-state index contributed by atoms with van der Waals surface area (Å²) < 4.78 is 4.84. The number of para-hydroxylation sites is 1. The molecule has 1 aliphatic heterocycles. The van der Waals surface area contributed by atoms with Gasteiger partial charge in [0.05, 0.1) is 6.61 Å². The molecule has 4 heteroatoms. The Morgan fingerprint density at radius 1 is 1.53 bits per heavy atom. The summed E-state index contributed by atoms with van der Waals surface area (Å²) in [6.07, 6.45) is 0. The van der Waals surface area contributed by atoms with Gasteiger partial charge in [-0.05, 0) is 19.9 Å². The Morgan fingerprint density at radius 2 is 2.24 bits per heavy atom. The molecular weight excluding hydrogens is 236 g/mol. The van der Waals surface area contributed by atoms with Crippen LogP contribution in [0.5, 0.6) is 5.75 Å². The number of rotatable bonds is 4. The number of hydrogen-bond donors (Lipinski definition) is 1. The van der Waals surface area contributed by atoms with Crippen LogP contribution in [0, 0.1) is 0 Å². The minimum Gasteiger partial charge on any atom is -0.493 e. The van der Waals surface area contributed by atoms with Crippen molar-refractivity contribution in [2.24, 2.45) is 0 Å². The van der Waals surface area contributed by atoms with Crippen molar-refractivity contribution < 1.29 is 14.6 Å². The van der Waals surface area contributed by atoms with E-state index in [1.54, 1.807) is 13.8 Å². The van der Waals surface area contributed by atoms with E-state index < -0.39 is 10.7 Å². The molecule has 0 saturated heterocycles. The van der Waals surface area contributed by atoms with Gasteiger partial charge in [0.25, 0.3) is 0 Å². The second-order valence-electron chi connectivity index (χ2n) is 4.67. The lowest BCUT2D eigenvalue weighted by atomic mass is 10.0. The molecule has 1 aromatic rings. The first kappa shape index (κ1) is 12.3. The first-order valence-electron chi connectivity index (χ1n) is 5.60. The fourth-order valence-corrected chi connectivity index (χ4v) is 2.76. The number of hydrogen-bond acceptors (Lipinski definition) is 3. The molecule has 1 aliphatic rings. The molecule has 0 bridgehead atoms. The Hall–Kier alpha value is -1.16. The number of ether oxygens (including phenoxy) is 1. The summed E-state index contributed by atoms with van der Waals surface area (Å²) in [4.78, 5) is 11.0. The standard InChI is InChI=1S/C13H16O3S/c1-13(2,12(14)15)17-8-9-7-16-11-6-4-3-5-10(9)11/h3-6,9H,7-8H2,1-2H3,(H,14,15). The van der Waals surface area contributed by atoms with E-state index in [1.807, 2.05) is 18.2 Å². The highest BCUT2D eigenvalue weighted by atomic mass is 32.2. The zero-order valence-corrected chi connectivity index (χ0v) is 10.8. The van der Waals surface area contributed by atoms with Crippen LogP contribution in [0.25, 0.3) is 0 Å². The fraction of sp³-hybridized carbons (Fsp3) is 0.462. The van der Waals surface area contributed by atoms with Gasteiger partial charge in [0.1, 0.15) is 10.5 Å². The fourth-order valence-electron chi connectivity index (χ4n) is 1.74. The Kier molecular flexibility index (Phi) is 3.33. The van der Waals surface area contributed by atoms with Gasteiger partial charge in [0.15, 0.2) is 0 Å².